The van der Waals surface area contributed by atoms with Crippen LogP contribution in [-0.2, 0) is 0 Å². The number of anilines is 1. The first-order valence-corrected chi connectivity index (χ1v) is 5.36. The van der Waals surface area contributed by atoms with Crippen molar-refractivity contribution in [2.24, 2.45) is 5.73 Å². The lowest BCUT2D eigenvalue weighted by Gasteiger charge is -2.22. The van der Waals surface area contributed by atoms with Crippen LogP contribution in [0.15, 0.2) is 18.3 Å². The molecule has 0 aliphatic heterocycles. The molecule has 1 aliphatic rings. The lowest BCUT2D eigenvalue weighted by Crippen LogP contribution is -2.38. The molecule has 1 aliphatic carbocycles. The van der Waals surface area contributed by atoms with E-state index in [0.29, 0.717) is 11.4 Å². The van der Waals surface area contributed by atoms with Crippen molar-refractivity contribution in [3.63, 3.8) is 0 Å². The maximum atomic E-state index is 12.7. The molecule has 0 unspecified atom stereocenters. The highest BCUT2D eigenvalue weighted by molar-refractivity contribution is 7.80. The molecule has 0 radical (unpaired) electrons. The highest BCUT2D eigenvalue weighted by Gasteiger charge is 2.63. The Morgan fingerprint density at radius 3 is 2.59 bits per heavy atom. The molecule has 7 heteroatoms. The van der Waals surface area contributed by atoms with Gasteiger partial charge in [-0.15, -0.1) is 0 Å². The van der Waals surface area contributed by atoms with Gasteiger partial charge in [-0.1, -0.05) is 12.2 Å². The van der Waals surface area contributed by atoms with Gasteiger partial charge in [-0.25, -0.2) is 0 Å². The van der Waals surface area contributed by atoms with Gasteiger partial charge < -0.3 is 11.1 Å². The number of alkyl halides is 3. The van der Waals surface area contributed by atoms with E-state index in [0.717, 1.165) is 0 Å². The van der Waals surface area contributed by atoms with Crippen molar-refractivity contribution in [3.8, 4) is 0 Å². The summed E-state index contributed by atoms with van der Waals surface area (Å²) in [5.41, 5.74) is 4.22. The van der Waals surface area contributed by atoms with Gasteiger partial charge >= 0.3 is 6.18 Å². The molecule has 0 bridgehead atoms. The van der Waals surface area contributed by atoms with Crippen molar-refractivity contribution >= 4 is 22.9 Å². The van der Waals surface area contributed by atoms with Crippen LogP contribution >= 0.6 is 12.2 Å². The summed E-state index contributed by atoms with van der Waals surface area (Å²) in [7, 11) is 0. The second-order valence-electron chi connectivity index (χ2n) is 4.00. The van der Waals surface area contributed by atoms with Crippen molar-refractivity contribution < 1.29 is 13.2 Å². The van der Waals surface area contributed by atoms with E-state index < -0.39 is 11.7 Å². The summed E-state index contributed by atoms with van der Waals surface area (Å²) < 4.78 is 38.1. The number of nitrogens with zero attached hydrogens (tertiary/aromatic N) is 1. The van der Waals surface area contributed by atoms with Crippen LogP contribution in [0, 0.1) is 0 Å². The molecule has 3 nitrogen and oxygen atoms in total. The molecule has 1 saturated carbocycles. The summed E-state index contributed by atoms with van der Waals surface area (Å²) in [5.74, 6) is 0. The van der Waals surface area contributed by atoms with Crippen LogP contribution in [-0.4, -0.2) is 21.7 Å². The van der Waals surface area contributed by atoms with Gasteiger partial charge in [0.25, 0.3) is 0 Å². The monoisotopic (exact) mass is 261 g/mol. The van der Waals surface area contributed by atoms with Crippen molar-refractivity contribution in [1.82, 2.24) is 4.98 Å². The smallest absolute Gasteiger partial charge is 0.388 e. The molecule has 92 valence electrons. The molecular weight excluding hydrogens is 251 g/mol. The number of rotatable bonds is 3. The van der Waals surface area contributed by atoms with E-state index >= 15 is 0 Å². The highest BCUT2D eigenvalue weighted by Crippen LogP contribution is 2.51. The zero-order valence-electron chi connectivity index (χ0n) is 8.71. The first-order valence-electron chi connectivity index (χ1n) is 4.95. The van der Waals surface area contributed by atoms with Crippen LogP contribution in [0.1, 0.15) is 18.5 Å². The minimum atomic E-state index is -4.25. The second kappa shape index (κ2) is 3.83. The number of hydrogen-bond acceptors (Lipinski definition) is 3. The average molecular weight is 261 g/mol. The Bertz CT molecular complexity index is 454. The van der Waals surface area contributed by atoms with Gasteiger partial charge in [0, 0.05) is 11.9 Å². The summed E-state index contributed by atoms with van der Waals surface area (Å²) in [5, 5.41) is 2.48. The molecule has 0 atom stereocenters. The fraction of sp³-hybridized carbons (Fsp3) is 0.400. The minimum Gasteiger partial charge on any atom is -0.388 e. The molecule has 0 aromatic carbocycles. The first kappa shape index (κ1) is 12.1. The number of thiocarbonyl (C=S) groups is 1. The lowest BCUT2D eigenvalue weighted by molar-refractivity contribution is -0.151. The molecule has 2 rings (SSSR count). The maximum Gasteiger partial charge on any atom is 0.411 e. The van der Waals surface area contributed by atoms with Crippen molar-refractivity contribution in [2.75, 3.05) is 5.32 Å². The largest absolute Gasteiger partial charge is 0.411 e. The molecule has 0 saturated heterocycles. The Morgan fingerprint density at radius 1 is 1.47 bits per heavy atom. The molecule has 1 aromatic heterocycles. The first-order chi connectivity index (χ1) is 7.84. The van der Waals surface area contributed by atoms with Gasteiger partial charge in [-0.05, 0) is 25.0 Å². The van der Waals surface area contributed by atoms with Crippen LogP contribution in [0.2, 0.25) is 0 Å². The van der Waals surface area contributed by atoms with Crippen LogP contribution in [0.3, 0.4) is 0 Å². The highest BCUT2D eigenvalue weighted by atomic mass is 32.1. The molecule has 0 spiro atoms. The Balaban J connectivity index is 2.20. The molecule has 0 amide bonds. The van der Waals surface area contributed by atoms with Gasteiger partial charge in [-0.3, -0.25) is 4.98 Å². The standard InChI is InChI=1S/C10H10F3N3S/c11-10(12,13)9(2-3-9)16-6-1-4-15-7(5-6)8(14)17/h1,4-5H,2-3H2,(H2,14,17)(H,15,16). The Morgan fingerprint density at radius 2 is 2.12 bits per heavy atom. The summed E-state index contributed by atoms with van der Waals surface area (Å²) in [6, 6.07) is 2.89. The van der Waals surface area contributed by atoms with Crippen LogP contribution < -0.4 is 11.1 Å². The van der Waals surface area contributed by atoms with Gasteiger partial charge in [0.2, 0.25) is 0 Å². The van der Waals surface area contributed by atoms with E-state index in [2.05, 4.69) is 10.3 Å². The third-order valence-corrected chi connectivity index (χ3v) is 2.90. The predicted octanol–water partition coefficient (Wildman–Crippen LogP) is 2.22. The molecular formula is C10H10F3N3S. The maximum absolute atomic E-state index is 12.7. The third kappa shape index (κ3) is 2.33. The number of hydrogen-bond donors (Lipinski definition) is 2. The Kier molecular flexibility index (Phi) is 2.73. The molecule has 1 heterocycles. The topological polar surface area (TPSA) is 50.9 Å². The third-order valence-electron chi connectivity index (χ3n) is 2.69. The second-order valence-corrected chi connectivity index (χ2v) is 4.44. The van der Waals surface area contributed by atoms with Crippen molar-refractivity contribution in [2.45, 2.75) is 24.6 Å². The number of nitrogens with two attached hydrogens (primary N) is 1. The van der Waals surface area contributed by atoms with Crippen LogP contribution in [0.25, 0.3) is 0 Å². The number of pyridine rings is 1. The van der Waals surface area contributed by atoms with Gasteiger partial charge in [0.05, 0.1) is 5.69 Å². The van der Waals surface area contributed by atoms with Gasteiger partial charge in [0.1, 0.15) is 10.5 Å². The van der Waals surface area contributed by atoms with Crippen molar-refractivity contribution in [1.29, 1.82) is 0 Å². The summed E-state index contributed by atoms with van der Waals surface area (Å²) in [6.45, 7) is 0. The van der Waals surface area contributed by atoms with Gasteiger partial charge in [0.15, 0.2) is 0 Å². The van der Waals surface area contributed by atoms with E-state index in [1.165, 1.54) is 18.3 Å². The summed E-state index contributed by atoms with van der Waals surface area (Å²) >= 11 is 4.72. The Hall–Kier alpha value is -1.37. The molecule has 1 fully saturated rings. The van der Waals surface area contributed by atoms with E-state index in [-0.39, 0.29) is 17.8 Å². The van der Waals surface area contributed by atoms with Crippen LogP contribution in [0.4, 0.5) is 18.9 Å². The average Bonchev–Trinajstić information content (AvgIpc) is 2.98. The van der Waals surface area contributed by atoms with Crippen molar-refractivity contribution in [3.05, 3.63) is 24.0 Å². The predicted molar refractivity (Wildman–Crippen MR) is 61.8 cm³/mol. The van der Waals surface area contributed by atoms with Gasteiger partial charge in [-0.2, -0.15) is 13.2 Å². The quantitative estimate of drug-likeness (QED) is 0.819. The summed E-state index contributed by atoms with van der Waals surface area (Å²) in [6.07, 6.45) is -2.70. The summed E-state index contributed by atoms with van der Waals surface area (Å²) in [4.78, 5) is 3.92. The lowest BCUT2D eigenvalue weighted by atomic mass is 10.2. The normalized spacial score (nSPS) is 17.6. The molecule has 17 heavy (non-hydrogen) atoms. The van der Waals surface area contributed by atoms with E-state index in [1.807, 2.05) is 0 Å². The Labute approximate surface area is 101 Å². The number of aromatic nitrogens is 1. The fourth-order valence-corrected chi connectivity index (χ4v) is 1.64. The molecule has 3 N–H and O–H groups in total. The fourth-order valence-electron chi connectivity index (χ4n) is 1.52. The minimum absolute atomic E-state index is 0.0607. The van der Waals surface area contributed by atoms with E-state index in [9.17, 15) is 13.2 Å². The molecule has 1 aromatic rings. The SMILES string of the molecule is NC(=S)c1cc(NC2(C(F)(F)F)CC2)ccn1. The number of nitrogens with one attached hydrogen (secondary N) is 1. The number of halogens is 3. The zero-order chi connectivity index (χ0) is 12.7. The van der Waals surface area contributed by atoms with E-state index in [1.54, 1.807) is 0 Å². The zero-order valence-corrected chi connectivity index (χ0v) is 9.53. The van der Waals surface area contributed by atoms with E-state index in [4.69, 9.17) is 18.0 Å². The van der Waals surface area contributed by atoms with Crippen LogP contribution in [0.5, 0.6) is 0 Å².